The largest absolute Gasteiger partial charge is 0.289 e. The molecule has 4 nitrogen and oxygen atoms in total. The van der Waals surface area contributed by atoms with E-state index in [2.05, 4.69) is 136 Å². The van der Waals surface area contributed by atoms with Crippen molar-refractivity contribution in [1.82, 2.24) is 18.8 Å². The second-order valence-corrected chi connectivity index (χ2v) is 12.1. The van der Waals surface area contributed by atoms with Crippen molar-refractivity contribution in [3.8, 4) is 11.1 Å². The molecule has 0 unspecified atom stereocenters. The first-order valence-corrected chi connectivity index (χ1v) is 15.3. The number of fused-ring (bicyclic) bond motifs is 15. The molecular formula is C38H22N4S. The minimum atomic E-state index is 0.838. The smallest absolute Gasteiger partial charge is 0.182 e. The Kier molecular flexibility index (Phi) is 4.57. The van der Waals surface area contributed by atoms with Crippen LogP contribution in [0.25, 0.3) is 86.5 Å². The van der Waals surface area contributed by atoms with Gasteiger partial charge in [-0.25, -0.2) is 9.97 Å². The van der Waals surface area contributed by atoms with Crippen molar-refractivity contribution in [3.63, 3.8) is 0 Å². The molecule has 0 atom stereocenters. The molecule has 200 valence electrons. The van der Waals surface area contributed by atoms with Crippen molar-refractivity contribution in [2.24, 2.45) is 0 Å². The van der Waals surface area contributed by atoms with E-state index in [1.807, 2.05) is 17.4 Å². The number of aromatic nitrogens is 4. The summed E-state index contributed by atoms with van der Waals surface area (Å²) in [5.41, 5.74) is 10.3. The molecule has 10 aromatic rings. The normalized spacial score (nSPS) is 12.2. The second-order valence-electron chi connectivity index (χ2n) is 11.0. The zero-order valence-electron chi connectivity index (χ0n) is 22.9. The van der Waals surface area contributed by atoms with Gasteiger partial charge in [-0.05, 0) is 53.6 Å². The van der Waals surface area contributed by atoms with Gasteiger partial charge < -0.3 is 0 Å². The number of para-hydroxylation sites is 4. The summed E-state index contributed by atoms with van der Waals surface area (Å²) in [6.45, 7) is 0. The Labute approximate surface area is 249 Å². The van der Waals surface area contributed by atoms with Crippen LogP contribution in [0.5, 0.6) is 0 Å². The van der Waals surface area contributed by atoms with Crippen LogP contribution in [0.1, 0.15) is 0 Å². The molecule has 0 fully saturated rings. The highest BCUT2D eigenvalue weighted by molar-refractivity contribution is 7.26. The molecule has 0 aliphatic carbocycles. The Bertz CT molecular complexity index is 2800. The third kappa shape index (κ3) is 3.14. The van der Waals surface area contributed by atoms with Crippen molar-refractivity contribution in [1.29, 1.82) is 0 Å². The summed E-state index contributed by atoms with van der Waals surface area (Å²) in [5, 5.41) is 4.95. The van der Waals surface area contributed by atoms with Crippen LogP contribution >= 0.6 is 11.3 Å². The minimum absolute atomic E-state index is 0.838. The van der Waals surface area contributed by atoms with Gasteiger partial charge in [-0.2, -0.15) is 0 Å². The summed E-state index contributed by atoms with van der Waals surface area (Å²) >= 11 is 1.86. The second kappa shape index (κ2) is 8.51. The summed E-state index contributed by atoms with van der Waals surface area (Å²) in [4.78, 5) is 10.5. The fourth-order valence-electron chi connectivity index (χ4n) is 6.83. The quantitative estimate of drug-likeness (QED) is 0.198. The molecule has 4 aromatic heterocycles. The molecule has 43 heavy (non-hydrogen) atoms. The van der Waals surface area contributed by atoms with E-state index in [4.69, 9.17) is 9.97 Å². The fourth-order valence-corrected chi connectivity index (χ4v) is 8.07. The molecule has 0 saturated heterocycles. The number of imidazole rings is 2. The first-order chi connectivity index (χ1) is 21.3. The number of thiophene rings is 1. The average molecular weight is 567 g/mol. The Hall–Kier alpha value is -5.52. The van der Waals surface area contributed by atoms with E-state index in [9.17, 15) is 0 Å². The molecule has 0 amide bonds. The van der Waals surface area contributed by atoms with Crippen molar-refractivity contribution >= 4 is 86.7 Å². The van der Waals surface area contributed by atoms with Crippen LogP contribution in [0.2, 0.25) is 0 Å². The van der Waals surface area contributed by atoms with Gasteiger partial charge in [0.15, 0.2) is 11.3 Å². The van der Waals surface area contributed by atoms with Gasteiger partial charge >= 0.3 is 0 Å². The SMILES string of the molecule is c1ccc2c(c1)nc1c3nc4cc(-c5cccc6c5sc5ccccc56)ccc4n3c3ccccc3c3ccccc3n21. The summed E-state index contributed by atoms with van der Waals surface area (Å²) in [7, 11) is 0. The van der Waals surface area contributed by atoms with Crippen LogP contribution in [0.3, 0.4) is 0 Å². The lowest BCUT2D eigenvalue weighted by Gasteiger charge is -2.08. The standard InChI is InChI=1S/C38H22N4S/c1-5-16-31-25(10-1)26-11-2-6-17-32(26)42-34-21-20-23(24-13-9-14-28-27-12-3-8-19-35(27)43-36(24)28)22-30(34)40-38(42)37-39-29-15-4-7-18-33(29)41(31)37/h1-22H. The van der Waals surface area contributed by atoms with E-state index < -0.39 is 0 Å². The number of nitrogens with zero attached hydrogens (tertiary/aromatic N) is 4. The number of rotatable bonds is 1. The van der Waals surface area contributed by atoms with Crippen LogP contribution in [-0.4, -0.2) is 18.8 Å². The highest BCUT2D eigenvalue weighted by atomic mass is 32.1. The summed E-state index contributed by atoms with van der Waals surface area (Å²) < 4.78 is 7.19. The maximum Gasteiger partial charge on any atom is 0.182 e. The van der Waals surface area contributed by atoms with Gasteiger partial charge in [0.05, 0.1) is 33.1 Å². The molecule has 0 radical (unpaired) electrons. The van der Waals surface area contributed by atoms with Crippen LogP contribution in [0, 0.1) is 0 Å². The molecule has 0 spiro atoms. The van der Waals surface area contributed by atoms with E-state index in [0.29, 0.717) is 0 Å². The molecule has 4 heterocycles. The van der Waals surface area contributed by atoms with Crippen LogP contribution < -0.4 is 0 Å². The molecule has 0 aliphatic heterocycles. The van der Waals surface area contributed by atoms with E-state index in [1.165, 1.54) is 42.1 Å². The Morgan fingerprint density at radius 3 is 1.79 bits per heavy atom. The number of benzene rings is 6. The predicted octanol–water partition coefficient (Wildman–Crippen LogP) is 10.2. The lowest BCUT2D eigenvalue weighted by molar-refractivity contribution is 1.25. The van der Waals surface area contributed by atoms with Crippen molar-refractivity contribution in [2.45, 2.75) is 0 Å². The van der Waals surface area contributed by atoms with E-state index >= 15 is 0 Å². The Morgan fingerprint density at radius 2 is 1.02 bits per heavy atom. The lowest BCUT2D eigenvalue weighted by Crippen LogP contribution is -1.94. The van der Waals surface area contributed by atoms with Crippen molar-refractivity contribution in [3.05, 3.63) is 133 Å². The fraction of sp³-hybridized carbons (Fsp3) is 0. The summed E-state index contributed by atoms with van der Waals surface area (Å²) in [6, 6.07) is 47.6. The van der Waals surface area contributed by atoms with E-state index in [-0.39, 0.29) is 0 Å². The molecule has 0 N–H and O–H groups in total. The third-order valence-electron chi connectivity index (χ3n) is 8.71. The van der Waals surface area contributed by atoms with Gasteiger partial charge in [0, 0.05) is 30.9 Å². The zero-order valence-corrected chi connectivity index (χ0v) is 23.7. The van der Waals surface area contributed by atoms with Gasteiger partial charge in [0.2, 0.25) is 0 Å². The van der Waals surface area contributed by atoms with Crippen LogP contribution in [0.4, 0.5) is 0 Å². The number of hydrogen-bond donors (Lipinski definition) is 0. The van der Waals surface area contributed by atoms with E-state index in [1.54, 1.807) is 0 Å². The van der Waals surface area contributed by atoms with Gasteiger partial charge in [0.1, 0.15) is 0 Å². The Balaban J connectivity index is 1.39. The maximum absolute atomic E-state index is 5.36. The van der Waals surface area contributed by atoms with Gasteiger partial charge in [0.25, 0.3) is 0 Å². The Morgan fingerprint density at radius 1 is 0.442 bits per heavy atom. The molecule has 6 aromatic carbocycles. The molecule has 0 saturated carbocycles. The van der Waals surface area contributed by atoms with E-state index in [0.717, 1.165) is 44.4 Å². The molecular weight excluding hydrogens is 545 g/mol. The minimum Gasteiger partial charge on any atom is -0.289 e. The third-order valence-corrected chi connectivity index (χ3v) is 9.93. The predicted molar refractivity (Wildman–Crippen MR) is 181 cm³/mol. The van der Waals surface area contributed by atoms with Crippen LogP contribution in [0.15, 0.2) is 133 Å². The maximum atomic E-state index is 5.36. The average Bonchev–Trinajstić information content (AvgIpc) is 3.75. The first kappa shape index (κ1) is 23.1. The topological polar surface area (TPSA) is 34.6 Å². The monoisotopic (exact) mass is 566 g/mol. The van der Waals surface area contributed by atoms with Gasteiger partial charge in [-0.3, -0.25) is 8.80 Å². The van der Waals surface area contributed by atoms with Crippen molar-refractivity contribution in [2.75, 3.05) is 0 Å². The van der Waals surface area contributed by atoms with Gasteiger partial charge in [-0.1, -0.05) is 91.0 Å². The molecule has 0 bridgehead atoms. The first-order valence-electron chi connectivity index (χ1n) is 14.4. The highest BCUT2D eigenvalue weighted by Crippen LogP contribution is 2.40. The van der Waals surface area contributed by atoms with Crippen molar-refractivity contribution < 1.29 is 0 Å². The lowest BCUT2D eigenvalue weighted by atomic mass is 10.0. The summed E-state index contributed by atoms with van der Waals surface area (Å²) in [5.74, 6) is 0. The van der Waals surface area contributed by atoms with Crippen LogP contribution in [-0.2, 0) is 0 Å². The highest BCUT2D eigenvalue weighted by Gasteiger charge is 2.17. The molecule has 5 heteroatoms. The molecule has 10 rings (SSSR count). The number of hydrogen-bond acceptors (Lipinski definition) is 3. The summed E-state index contributed by atoms with van der Waals surface area (Å²) in [6.07, 6.45) is 0. The van der Waals surface area contributed by atoms with Gasteiger partial charge in [-0.15, -0.1) is 11.3 Å². The zero-order chi connectivity index (χ0) is 28.1. The molecule has 0 aliphatic rings.